The van der Waals surface area contributed by atoms with Gasteiger partial charge in [-0.15, -0.1) is 0 Å². The topological polar surface area (TPSA) is 66.8 Å². The van der Waals surface area contributed by atoms with Gasteiger partial charge in [0, 0.05) is 12.6 Å². The van der Waals surface area contributed by atoms with E-state index in [0.717, 1.165) is 5.56 Å². The maximum atomic E-state index is 12.7. The Labute approximate surface area is 156 Å². The number of methoxy groups -OCH3 is 1. The van der Waals surface area contributed by atoms with Crippen LogP contribution in [0.15, 0.2) is 30.3 Å². The van der Waals surface area contributed by atoms with Crippen LogP contribution in [0.2, 0.25) is 0 Å². The van der Waals surface area contributed by atoms with Crippen molar-refractivity contribution in [1.82, 2.24) is 4.90 Å². The highest BCUT2D eigenvalue weighted by molar-refractivity contribution is 5.92. The van der Waals surface area contributed by atoms with E-state index in [0.29, 0.717) is 12.3 Å². The van der Waals surface area contributed by atoms with Gasteiger partial charge in [-0.05, 0) is 29.5 Å². The second kappa shape index (κ2) is 10.8. The quantitative estimate of drug-likeness (QED) is 0.542. The van der Waals surface area contributed by atoms with Crippen LogP contribution >= 0.6 is 0 Å². The molecule has 0 aliphatic heterocycles. The molecule has 0 saturated carbocycles. The molecule has 0 bridgehead atoms. The molecule has 0 aromatic heterocycles. The summed E-state index contributed by atoms with van der Waals surface area (Å²) in [4.78, 5) is 25.9. The van der Waals surface area contributed by atoms with Crippen LogP contribution in [0.1, 0.15) is 51.2 Å². The van der Waals surface area contributed by atoms with E-state index < -0.39 is 5.92 Å². The number of carbonyl (C=O) groups excluding carboxylic acids is 2. The van der Waals surface area contributed by atoms with Crippen molar-refractivity contribution >= 4 is 18.0 Å². The third-order valence-electron chi connectivity index (χ3n) is 4.50. The molecular formula is C21H31NO4. The van der Waals surface area contributed by atoms with Crippen LogP contribution < -0.4 is 0 Å². The first kappa shape index (κ1) is 21.9. The number of nitrogens with zero attached hydrogens (tertiary/aromatic N) is 1. The molecule has 2 unspecified atom stereocenters. The summed E-state index contributed by atoms with van der Waals surface area (Å²) in [5.41, 5.74) is 2.18. The first-order valence-electron chi connectivity index (χ1n) is 9.11. The monoisotopic (exact) mass is 361 g/mol. The summed E-state index contributed by atoms with van der Waals surface area (Å²) < 4.78 is 4.74. The van der Waals surface area contributed by atoms with Crippen molar-refractivity contribution in [2.24, 2.45) is 5.92 Å². The van der Waals surface area contributed by atoms with Crippen molar-refractivity contribution in [3.63, 3.8) is 0 Å². The zero-order valence-corrected chi connectivity index (χ0v) is 16.4. The average Bonchev–Trinajstić information content (AvgIpc) is 2.65. The molecule has 0 saturated heterocycles. The Morgan fingerprint density at radius 1 is 1.19 bits per heavy atom. The largest absolute Gasteiger partial charge is 0.469 e. The van der Waals surface area contributed by atoms with Crippen LogP contribution in [0, 0.1) is 5.92 Å². The van der Waals surface area contributed by atoms with Gasteiger partial charge < -0.3 is 14.7 Å². The SMILES string of the molecule is CCC(CO)N(CC(C)C(=O)OC)C(=O)/C=C/c1ccc(C(C)C)cc1. The maximum absolute atomic E-state index is 12.7. The Kier molecular flexibility index (Phi) is 9.07. The maximum Gasteiger partial charge on any atom is 0.310 e. The van der Waals surface area contributed by atoms with E-state index in [4.69, 9.17) is 4.74 Å². The van der Waals surface area contributed by atoms with E-state index in [1.165, 1.54) is 18.7 Å². The van der Waals surface area contributed by atoms with Crippen LogP contribution in [0.5, 0.6) is 0 Å². The fraction of sp³-hybridized carbons (Fsp3) is 0.524. The van der Waals surface area contributed by atoms with Gasteiger partial charge in [0.05, 0.1) is 25.7 Å². The lowest BCUT2D eigenvalue weighted by molar-refractivity contribution is -0.146. The number of benzene rings is 1. The van der Waals surface area contributed by atoms with Crippen molar-refractivity contribution < 1.29 is 19.4 Å². The number of aliphatic hydroxyl groups is 1. The Hall–Kier alpha value is -2.14. The lowest BCUT2D eigenvalue weighted by Crippen LogP contribution is -2.45. The second-order valence-corrected chi connectivity index (χ2v) is 6.81. The van der Waals surface area contributed by atoms with Gasteiger partial charge >= 0.3 is 5.97 Å². The third-order valence-corrected chi connectivity index (χ3v) is 4.50. The average molecular weight is 361 g/mol. The molecule has 1 N–H and O–H groups in total. The third kappa shape index (κ3) is 6.30. The van der Waals surface area contributed by atoms with Crippen LogP contribution in [0.3, 0.4) is 0 Å². The lowest BCUT2D eigenvalue weighted by atomic mass is 10.0. The Balaban J connectivity index is 2.91. The molecule has 5 nitrogen and oxygen atoms in total. The molecule has 0 heterocycles. The Morgan fingerprint density at radius 2 is 1.81 bits per heavy atom. The standard InChI is InChI=1S/C21H31NO4/c1-6-19(14-23)22(13-16(4)21(25)26-5)20(24)12-9-17-7-10-18(11-8-17)15(2)3/h7-12,15-16,19,23H,6,13-14H2,1-5H3/b12-9+. The number of hydrogen-bond acceptors (Lipinski definition) is 4. The predicted octanol–water partition coefficient (Wildman–Crippen LogP) is 3.23. The van der Waals surface area contributed by atoms with Gasteiger partial charge in [-0.2, -0.15) is 0 Å². The number of aliphatic hydroxyl groups excluding tert-OH is 1. The van der Waals surface area contributed by atoms with Gasteiger partial charge in [0.1, 0.15) is 0 Å². The van der Waals surface area contributed by atoms with E-state index in [2.05, 4.69) is 26.0 Å². The molecule has 26 heavy (non-hydrogen) atoms. The second-order valence-electron chi connectivity index (χ2n) is 6.81. The minimum atomic E-state index is -0.455. The zero-order valence-electron chi connectivity index (χ0n) is 16.4. The van der Waals surface area contributed by atoms with E-state index in [1.54, 1.807) is 17.9 Å². The first-order valence-corrected chi connectivity index (χ1v) is 9.11. The molecule has 0 aliphatic rings. The zero-order chi connectivity index (χ0) is 19.7. The van der Waals surface area contributed by atoms with Crippen molar-refractivity contribution in [1.29, 1.82) is 0 Å². The van der Waals surface area contributed by atoms with Crippen molar-refractivity contribution in [2.45, 2.75) is 46.1 Å². The summed E-state index contributed by atoms with van der Waals surface area (Å²) in [6.07, 6.45) is 3.85. The van der Waals surface area contributed by atoms with Crippen LogP contribution in [0.4, 0.5) is 0 Å². The minimum Gasteiger partial charge on any atom is -0.469 e. The summed E-state index contributed by atoms with van der Waals surface area (Å²) >= 11 is 0. The van der Waals surface area contributed by atoms with Crippen LogP contribution in [0.25, 0.3) is 6.08 Å². The number of carbonyl (C=O) groups is 2. The molecule has 1 aromatic carbocycles. The van der Waals surface area contributed by atoms with Crippen molar-refractivity contribution in [3.8, 4) is 0 Å². The summed E-state index contributed by atoms with van der Waals surface area (Å²) in [5.74, 6) is -0.596. The van der Waals surface area contributed by atoms with Gasteiger partial charge in [-0.3, -0.25) is 9.59 Å². The van der Waals surface area contributed by atoms with E-state index in [9.17, 15) is 14.7 Å². The molecule has 2 atom stereocenters. The van der Waals surface area contributed by atoms with Gasteiger partial charge in [0.25, 0.3) is 0 Å². The summed E-state index contributed by atoms with van der Waals surface area (Å²) in [6, 6.07) is 7.72. The number of ether oxygens (including phenoxy) is 1. The summed E-state index contributed by atoms with van der Waals surface area (Å²) in [5, 5.41) is 9.59. The van der Waals surface area contributed by atoms with Gasteiger partial charge in [0.15, 0.2) is 0 Å². The Bertz CT molecular complexity index is 603. The molecule has 0 aliphatic carbocycles. The molecule has 1 rings (SSSR count). The number of amides is 1. The fourth-order valence-electron chi connectivity index (χ4n) is 2.69. The summed E-state index contributed by atoms with van der Waals surface area (Å²) in [6.45, 7) is 7.94. The highest BCUT2D eigenvalue weighted by atomic mass is 16.5. The highest BCUT2D eigenvalue weighted by Gasteiger charge is 2.25. The van der Waals surface area contributed by atoms with E-state index in [1.807, 2.05) is 19.1 Å². The molecule has 0 spiro atoms. The molecule has 144 valence electrons. The van der Waals surface area contributed by atoms with Gasteiger partial charge in [0.2, 0.25) is 5.91 Å². The van der Waals surface area contributed by atoms with Gasteiger partial charge in [-0.1, -0.05) is 52.0 Å². The molecule has 1 amide bonds. The minimum absolute atomic E-state index is 0.146. The molecule has 1 aromatic rings. The van der Waals surface area contributed by atoms with Crippen molar-refractivity contribution in [2.75, 3.05) is 20.3 Å². The summed E-state index contributed by atoms with van der Waals surface area (Å²) in [7, 11) is 1.33. The lowest BCUT2D eigenvalue weighted by Gasteiger charge is -2.30. The normalized spacial score (nSPS) is 13.7. The van der Waals surface area contributed by atoms with E-state index in [-0.39, 0.29) is 31.1 Å². The van der Waals surface area contributed by atoms with Crippen LogP contribution in [-0.2, 0) is 14.3 Å². The van der Waals surface area contributed by atoms with E-state index >= 15 is 0 Å². The highest BCUT2D eigenvalue weighted by Crippen LogP contribution is 2.16. The fourth-order valence-corrected chi connectivity index (χ4v) is 2.69. The smallest absolute Gasteiger partial charge is 0.310 e. The number of rotatable bonds is 9. The van der Waals surface area contributed by atoms with Crippen LogP contribution in [-0.4, -0.2) is 48.2 Å². The van der Waals surface area contributed by atoms with Gasteiger partial charge in [-0.25, -0.2) is 0 Å². The van der Waals surface area contributed by atoms with Crippen molar-refractivity contribution in [3.05, 3.63) is 41.5 Å². The first-order chi connectivity index (χ1) is 12.3. The Morgan fingerprint density at radius 3 is 2.27 bits per heavy atom. The molecule has 0 radical (unpaired) electrons. The predicted molar refractivity (Wildman–Crippen MR) is 104 cm³/mol. The molecular weight excluding hydrogens is 330 g/mol. The number of esters is 1. The molecule has 5 heteroatoms. The number of hydrogen-bond donors (Lipinski definition) is 1. The molecule has 0 fully saturated rings.